The van der Waals surface area contributed by atoms with Crippen LogP contribution in [0.15, 0.2) is 5.51 Å². The van der Waals surface area contributed by atoms with Gasteiger partial charge in [-0.15, -0.1) is 0 Å². The third kappa shape index (κ3) is 8.03. The van der Waals surface area contributed by atoms with Crippen molar-refractivity contribution in [1.82, 2.24) is 0 Å². The third-order valence-corrected chi connectivity index (χ3v) is 7.18. The third-order valence-electron chi connectivity index (χ3n) is 3.32. The smallest absolute Gasteiger partial charge is 0.421 e. The summed E-state index contributed by atoms with van der Waals surface area (Å²) in [6, 6.07) is -1.46. The fourth-order valence-electron chi connectivity index (χ4n) is 1.88. The second-order valence-corrected chi connectivity index (χ2v) is 9.86. The molecule has 0 fully saturated rings. The number of alkyl halides is 9. The van der Waals surface area contributed by atoms with E-state index >= 15 is 0 Å². The van der Waals surface area contributed by atoms with Crippen molar-refractivity contribution in [2.45, 2.75) is 49.9 Å². The van der Waals surface area contributed by atoms with E-state index in [-0.39, 0.29) is 13.0 Å². The molecule has 0 amide bonds. The summed E-state index contributed by atoms with van der Waals surface area (Å²) in [7, 11) is -13.4. The minimum Gasteiger partial charge on any atom is -0.421 e. The summed E-state index contributed by atoms with van der Waals surface area (Å²) >= 11 is 1.26. The van der Waals surface area contributed by atoms with Gasteiger partial charge in [0.1, 0.15) is 0 Å². The van der Waals surface area contributed by atoms with Gasteiger partial charge in [0.25, 0.3) is 6.04 Å². The second-order valence-electron chi connectivity index (χ2n) is 5.49. The van der Waals surface area contributed by atoms with Crippen molar-refractivity contribution >= 4 is 31.4 Å². The van der Waals surface area contributed by atoms with Gasteiger partial charge in [-0.3, -0.25) is 0 Å². The first-order valence-electron chi connectivity index (χ1n) is 7.64. The molecule has 0 saturated carbocycles. The molecule has 1 rings (SSSR count). The predicted molar refractivity (Wildman–Crippen MR) is 88.7 cm³/mol. The van der Waals surface area contributed by atoms with Crippen LogP contribution in [0, 0.1) is 6.92 Å². The quantitative estimate of drug-likeness (QED) is 0.445. The van der Waals surface area contributed by atoms with Crippen molar-refractivity contribution in [2.24, 2.45) is 0 Å². The molecule has 0 aliphatic heterocycles. The maximum atomic E-state index is 12.7. The van der Waals surface area contributed by atoms with Crippen LogP contribution in [0.1, 0.15) is 30.0 Å². The van der Waals surface area contributed by atoms with Gasteiger partial charge in [-0.2, -0.15) is 44.1 Å². The number of rotatable bonds is 6. The summed E-state index contributed by atoms with van der Waals surface area (Å²) in [5.74, 6) is 0. The lowest BCUT2D eigenvalue weighted by Crippen LogP contribution is -2.47. The van der Waals surface area contributed by atoms with E-state index in [0.29, 0.717) is 12.1 Å². The van der Waals surface area contributed by atoms with Gasteiger partial charge in [0, 0.05) is 26.4 Å². The molecule has 0 spiro atoms. The number of aliphatic hydroxyl groups excluding tert-OH is 1. The average molecular weight is 534 g/mol. The molecule has 1 aromatic rings. The number of nitrogens with zero attached hydrogens (tertiary/aromatic N) is 2. The summed E-state index contributed by atoms with van der Waals surface area (Å²) in [5, 5.41) is 8.78. The molecule has 19 heteroatoms. The molecular formula is C12H15F9N2O5S3. The molecule has 1 aromatic heterocycles. The van der Waals surface area contributed by atoms with Crippen molar-refractivity contribution in [3.63, 3.8) is 0 Å². The first-order valence-corrected chi connectivity index (χ1v) is 11.4. The fourth-order valence-corrected chi connectivity index (χ4v) is 4.62. The van der Waals surface area contributed by atoms with E-state index in [4.69, 9.17) is 5.11 Å². The highest BCUT2D eigenvalue weighted by atomic mass is 32.3. The lowest BCUT2D eigenvalue weighted by Gasteiger charge is -2.22. The molecular weight excluding hydrogens is 519 g/mol. The number of halogens is 9. The predicted octanol–water partition coefficient (Wildman–Crippen LogP) is 3.45. The van der Waals surface area contributed by atoms with Crippen LogP contribution in [-0.4, -0.2) is 45.7 Å². The number of aliphatic hydroxyl groups is 1. The van der Waals surface area contributed by atoms with E-state index in [1.807, 2.05) is 0 Å². The second kappa shape index (κ2) is 10.2. The summed E-state index contributed by atoms with van der Waals surface area (Å²) in [6.45, 7) is 3.15. The number of aromatic nitrogens is 1. The largest absolute Gasteiger partial charge is 0.480 e. The Balaban J connectivity index is 0.000000582. The topological polar surface area (TPSA) is 106 Å². The number of sulfonamides is 2. The molecule has 1 heterocycles. The van der Waals surface area contributed by atoms with Gasteiger partial charge < -0.3 is 9.23 Å². The zero-order valence-electron chi connectivity index (χ0n) is 15.4. The molecule has 184 valence electrons. The van der Waals surface area contributed by atoms with Crippen LogP contribution in [0.25, 0.3) is 4.13 Å². The highest BCUT2D eigenvalue weighted by molar-refractivity contribution is 8.13. The molecule has 1 N–H and O–H groups in total. The van der Waals surface area contributed by atoms with E-state index in [0.717, 1.165) is 9.00 Å². The highest BCUT2D eigenvalue weighted by Crippen LogP contribution is 2.36. The van der Waals surface area contributed by atoms with Gasteiger partial charge in [-0.1, -0.05) is 18.3 Å². The van der Waals surface area contributed by atoms with Crippen LogP contribution >= 0.6 is 11.3 Å². The van der Waals surface area contributed by atoms with Crippen molar-refractivity contribution < 1.29 is 66.0 Å². The van der Waals surface area contributed by atoms with E-state index in [2.05, 4.69) is 0 Å². The van der Waals surface area contributed by atoms with Crippen molar-refractivity contribution in [3.05, 3.63) is 20.2 Å². The van der Waals surface area contributed by atoms with Crippen LogP contribution in [0.4, 0.5) is 39.5 Å². The standard InChI is InChI=1S/C10H15F3NOS.C2F6NO4S2/c1-3-9(10(11,12)13)14-6-16-8(4-5-15)7(14)2;3-1(4,5)14(10,11)9-15(12,13)2(6,7)8/h6,9,15H,3-5H2,1-2H3;/q+1;-1. The van der Waals surface area contributed by atoms with E-state index in [1.165, 1.54) is 28.3 Å². The number of thiazole rings is 1. The Labute approximate surface area is 174 Å². The normalized spacial score (nSPS) is 14.7. The Morgan fingerprint density at radius 1 is 1.00 bits per heavy atom. The minimum absolute atomic E-state index is 0.0182. The molecule has 1 atom stereocenters. The van der Waals surface area contributed by atoms with Gasteiger partial charge >= 0.3 is 17.2 Å². The lowest BCUT2D eigenvalue weighted by atomic mass is 10.2. The van der Waals surface area contributed by atoms with Crippen LogP contribution in [0.3, 0.4) is 0 Å². The first-order chi connectivity index (χ1) is 13.6. The van der Waals surface area contributed by atoms with Gasteiger partial charge in [0.15, 0.2) is 25.7 Å². The Kier molecular flexibility index (Phi) is 9.79. The Morgan fingerprint density at radius 3 is 1.71 bits per heavy atom. The van der Waals surface area contributed by atoms with Crippen LogP contribution in [-0.2, 0) is 26.5 Å². The van der Waals surface area contributed by atoms with Crippen molar-refractivity contribution in [1.29, 1.82) is 0 Å². The van der Waals surface area contributed by atoms with Gasteiger partial charge in [-0.25, -0.2) is 16.8 Å². The number of hydrogen-bond donors (Lipinski definition) is 1. The zero-order valence-corrected chi connectivity index (χ0v) is 17.8. The van der Waals surface area contributed by atoms with Crippen molar-refractivity contribution in [3.8, 4) is 0 Å². The lowest BCUT2D eigenvalue weighted by molar-refractivity contribution is -0.748. The van der Waals surface area contributed by atoms with Crippen LogP contribution in [0.2, 0.25) is 0 Å². The first kappa shape index (κ1) is 29.8. The van der Waals surface area contributed by atoms with Crippen LogP contribution < -0.4 is 4.57 Å². The van der Waals surface area contributed by atoms with Gasteiger partial charge in [0.2, 0.25) is 5.51 Å². The van der Waals surface area contributed by atoms with E-state index in [9.17, 15) is 56.3 Å². The summed E-state index contributed by atoms with van der Waals surface area (Å²) in [5.41, 5.74) is -10.3. The fraction of sp³-hybridized carbons (Fsp3) is 0.750. The van der Waals surface area contributed by atoms with E-state index in [1.54, 1.807) is 6.92 Å². The molecule has 0 aliphatic carbocycles. The molecule has 0 aliphatic rings. The van der Waals surface area contributed by atoms with Gasteiger partial charge in [0.05, 0.1) is 4.88 Å². The minimum atomic E-state index is -6.72. The molecule has 0 saturated heterocycles. The number of hydrogen-bond acceptors (Lipinski definition) is 6. The molecule has 0 bridgehead atoms. The molecule has 0 aromatic carbocycles. The maximum absolute atomic E-state index is 12.7. The zero-order chi connectivity index (χ0) is 25.1. The monoisotopic (exact) mass is 534 g/mol. The highest BCUT2D eigenvalue weighted by Gasteiger charge is 2.48. The summed E-state index contributed by atoms with van der Waals surface area (Å²) in [4.78, 5) is 0.810. The summed E-state index contributed by atoms with van der Waals surface area (Å²) < 4.78 is 149. The average Bonchev–Trinajstić information content (AvgIpc) is 2.86. The van der Waals surface area contributed by atoms with Crippen molar-refractivity contribution in [2.75, 3.05) is 6.61 Å². The summed E-state index contributed by atoms with van der Waals surface area (Å²) in [6.07, 6.45) is -3.79. The Morgan fingerprint density at radius 2 is 1.42 bits per heavy atom. The molecule has 7 nitrogen and oxygen atoms in total. The maximum Gasteiger partial charge on any atom is 0.480 e. The molecule has 1 unspecified atom stereocenters. The Bertz CT molecular complexity index is 892. The van der Waals surface area contributed by atoms with Crippen LogP contribution in [0.5, 0.6) is 0 Å². The molecule has 31 heavy (non-hydrogen) atoms. The Hall–Kier alpha value is -1.18. The molecule has 0 radical (unpaired) electrons. The van der Waals surface area contributed by atoms with Gasteiger partial charge in [-0.05, 0) is 0 Å². The SMILES string of the molecule is CCC([n+]1csc(CCO)c1C)C(F)(F)F.O=S(=O)([N-]S(=O)(=O)C(F)(F)F)C(F)(F)F. The van der Waals surface area contributed by atoms with E-state index < -0.39 is 43.3 Å².